The van der Waals surface area contributed by atoms with Crippen LogP contribution in [0.25, 0.3) is 11.1 Å². The normalized spacial score (nSPS) is 11.8. The van der Waals surface area contributed by atoms with Crippen molar-refractivity contribution in [1.82, 2.24) is 4.98 Å². The van der Waals surface area contributed by atoms with Crippen LogP contribution in [0.3, 0.4) is 0 Å². The summed E-state index contributed by atoms with van der Waals surface area (Å²) in [6.45, 7) is 3.32. The van der Waals surface area contributed by atoms with E-state index in [-0.39, 0.29) is 11.1 Å². The van der Waals surface area contributed by atoms with Crippen LogP contribution in [0.15, 0.2) is 29.2 Å². The van der Waals surface area contributed by atoms with Gasteiger partial charge in [0.1, 0.15) is 6.26 Å². The second kappa shape index (κ2) is 7.67. The summed E-state index contributed by atoms with van der Waals surface area (Å²) in [4.78, 5) is 29.6. The zero-order chi connectivity index (χ0) is 18.7. The van der Waals surface area contributed by atoms with Gasteiger partial charge >= 0.3 is 11.9 Å². The Kier molecular flexibility index (Phi) is 5.81. The highest BCUT2D eigenvalue weighted by atomic mass is 32.2. The molecule has 0 saturated heterocycles. The average molecular weight is 361 g/mol. The number of pyridine rings is 1. The molecule has 132 valence electrons. The molecule has 25 heavy (non-hydrogen) atoms. The number of aromatic nitrogens is 1. The Morgan fingerprint density at radius 3 is 1.92 bits per heavy atom. The molecule has 1 heterocycles. The highest BCUT2D eigenvalue weighted by Crippen LogP contribution is 2.36. The van der Waals surface area contributed by atoms with Crippen molar-refractivity contribution in [3.8, 4) is 11.1 Å². The molecule has 2 aromatic rings. The van der Waals surface area contributed by atoms with Crippen LogP contribution in [0.5, 0.6) is 0 Å². The predicted octanol–water partition coefficient (Wildman–Crippen LogP) is 2.68. The van der Waals surface area contributed by atoms with Gasteiger partial charge in [0.25, 0.3) is 0 Å². The van der Waals surface area contributed by atoms with Gasteiger partial charge in [-0.25, -0.2) is 9.59 Å². The first-order valence-corrected chi connectivity index (χ1v) is 8.99. The third-order valence-electron chi connectivity index (χ3n) is 3.80. The van der Waals surface area contributed by atoms with Crippen LogP contribution >= 0.6 is 0 Å². The summed E-state index contributed by atoms with van der Waals surface area (Å²) in [6.07, 6.45) is 1.54. The standard InChI is InChI=1S/C18H19NO5S/c1-10-14(17(20)23-3)16(15(11(2)19-10)18(21)24-4)12-8-6-7-9-13(12)25(5)22/h6-9H,1-5H3. The van der Waals surface area contributed by atoms with Crippen molar-refractivity contribution in [2.45, 2.75) is 18.7 Å². The van der Waals surface area contributed by atoms with Gasteiger partial charge in [-0.15, -0.1) is 0 Å². The molecule has 1 aromatic carbocycles. The molecular weight excluding hydrogens is 342 g/mol. The summed E-state index contributed by atoms with van der Waals surface area (Å²) in [5.41, 5.74) is 2.00. The van der Waals surface area contributed by atoms with Gasteiger partial charge in [0, 0.05) is 11.1 Å². The van der Waals surface area contributed by atoms with Gasteiger partial charge in [-0.1, -0.05) is 12.1 Å². The fourth-order valence-electron chi connectivity index (χ4n) is 2.75. The second-order valence-corrected chi connectivity index (χ2v) is 6.69. The smallest absolute Gasteiger partial charge is 0.340 e. The van der Waals surface area contributed by atoms with Crippen molar-refractivity contribution in [1.29, 1.82) is 0 Å². The van der Waals surface area contributed by atoms with Gasteiger partial charge in [-0.2, -0.15) is 0 Å². The molecule has 0 saturated carbocycles. The summed E-state index contributed by atoms with van der Waals surface area (Å²) in [5.74, 6) is -1.25. The highest BCUT2D eigenvalue weighted by Gasteiger charge is 2.30. The topological polar surface area (TPSA) is 88.5 Å². The number of carbonyl (C=O) groups excluding carboxylic acids is 2. The number of esters is 2. The van der Waals surface area contributed by atoms with E-state index in [1.165, 1.54) is 20.5 Å². The summed E-state index contributed by atoms with van der Waals surface area (Å²) in [6, 6.07) is 6.90. The minimum absolute atomic E-state index is 0.159. The molecule has 1 aromatic heterocycles. The van der Waals surface area contributed by atoms with Crippen LogP contribution in [0.2, 0.25) is 0 Å². The maximum Gasteiger partial charge on any atom is 0.340 e. The van der Waals surface area contributed by atoms with Crippen molar-refractivity contribution >= 4 is 23.1 Å². The third kappa shape index (κ3) is 3.52. The van der Waals surface area contributed by atoms with Crippen LogP contribution in [-0.2, 0) is 20.6 Å². The van der Waals surface area contributed by atoms with Crippen molar-refractivity contribution in [3.63, 3.8) is 0 Å². The lowest BCUT2D eigenvalue weighted by molar-refractivity contribution is 0.0599. The number of aryl methyl sites for hydroxylation is 2. The molecule has 0 amide bonds. The van der Waals surface area contributed by atoms with E-state index in [1.54, 1.807) is 38.1 Å². The van der Waals surface area contributed by atoms with E-state index in [4.69, 9.17) is 9.47 Å². The van der Waals surface area contributed by atoms with Gasteiger partial charge in [-0.05, 0) is 37.2 Å². The molecular formula is C18H19NO5S. The van der Waals surface area contributed by atoms with Gasteiger partial charge < -0.3 is 14.0 Å². The number of hydrogen-bond acceptors (Lipinski definition) is 6. The van der Waals surface area contributed by atoms with E-state index in [0.29, 0.717) is 27.4 Å². The average Bonchev–Trinajstić information content (AvgIpc) is 2.59. The fraction of sp³-hybridized carbons (Fsp3) is 0.278. The van der Waals surface area contributed by atoms with Crippen molar-refractivity contribution in [2.24, 2.45) is 0 Å². The van der Waals surface area contributed by atoms with Gasteiger partial charge in [0.2, 0.25) is 0 Å². The van der Waals surface area contributed by atoms with Crippen LogP contribution in [-0.4, -0.2) is 42.0 Å². The lowest BCUT2D eigenvalue weighted by Crippen LogP contribution is -2.17. The van der Waals surface area contributed by atoms with Gasteiger partial charge in [0.05, 0.1) is 36.7 Å². The first-order chi connectivity index (χ1) is 11.8. The van der Waals surface area contributed by atoms with E-state index in [1.807, 2.05) is 0 Å². The fourth-order valence-corrected chi connectivity index (χ4v) is 3.50. The Morgan fingerprint density at radius 1 is 1.00 bits per heavy atom. The first-order valence-electron chi connectivity index (χ1n) is 7.44. The van der Waals surface area contributed by atoms with E-state index in [9.17, 15) is 14.1 Å². The summed E-state index contributed by atoms with van der Waals surface area (Å²) < 4.78 is 21.9. The molecule has 1 atom stereocenters. The molecule has 2 rings (SSSR count). The summed E-state index contributed by atoms with van der Waals surface area (Å²) in [7, 11) is 2.51. The SMILES string of the molecule is COC(=O)c1c(C)nc(C)c(C(=O)OC)c1-c1ccccc1[S+](C)[O-]. The zero-order valence-electron chi connectivity index (χ0n) is 14.7. The molecule has 0 N–H and O–H groups in total. The molecule has 0 aliphatic rings. The number of benzene rings is 1. The predicted molar refractivity (Wildman–Crippen MR) is 94.2 cm³/mol. The van der Waals surface area contributed by atoms with Gasteiger partial charge in [-0.3, -0.25) is 4.98 Å². The Bertz CT molecular complexity index is 792. The Morgan fingerprint density at radius 2 is 1.48 bits per heavy atom. The highest BCUT2D eigenvalue weighted by molar-refractivity contribution is 7.90. The minimum Gasteiger partial charge on any atom is -0.612 e. The van der Waals surface area contributed by atoms with Crippen molar-refractivity contribution in [2.75, 3.05) is 20.5 Å². The molecule has 1 unspecified atom stereocenters. The number of rotatable bonds is 4. The molecule has 7 heteroatoms. The number of methoxy groups -OCH3 is 2. The Hall–Kier alpha value is -2.38. The van der Waals surface area contributed by atoms with E-state index in [0.717, 1.165) is 0 Å². The molecule has 0 radical (unpaired) electrons. The maximum absolute atomic E-state index is 12.4. The molecule has 0 bridgehead atoms. The van der Waals surface area contributed by atoms with Crippen LogP contribution < -0.4 is 0 Å². The molecule has 0 aliphatic carbocycles. The van der Waals surface area contributed by atoms with Crippen molar-refractivity contribution in [3.05, 3.63) is 46.8 Å². The molecule has 6 nitrogen and oxygen atoms in total. The Labute approximate surface area is 149 Å². The summed E-state index contributed by atoms with van der Waals surface area (Å²) in [5, 5.41) is 0. The lowest BCUT2D eigenvalue weighted by atomic mass is 9.92. The van der Waals surface area contributed by atoms with Crippen molar-refractivity contribution < 1.29 is 23.6 Å². The van der Waals surface area contributed by atoms with E-state index >= 15 is 0 Å². The number of nitrogens with zero attached hydrogens (tertiary/aromatic N) is 1. The second-order valence-electron chi connectivity index (χ2n) is 5.34. The van der Waals surface area contributed by atoms with E-state index < -0.39 is 23.1 Å². The minimum atomic E-state index is -1.33. The first kappa shape index (κ1) is 19.0. The maximum atomic E-state index is 12.4. The summed E-state index contributed by atoms with van der Waals surface area (Å²) >= 11 is -1.33. The zero-order valence-corrected chi connectivity index (χ0v) is 15.5. The quantitative estimate of drug-likeness (QED) is 0.614. The number of hydrogen-bond donors (Lipinski definition) is 0. The number of ether oxygens (including phenoxy) is 2. The molecule has 0 spiro atoms. The molecule has 0 aliphatic heterocycles. The monoisotopic (exact) mass is 361 g/mol. The van der Waals surface area contributed by atoms with Crippen LogP contribution in [0, 0.1) is 13.8 Å². The number of carbonyl (C=O) groups is 2. The Balaban J connectivity index is 3.00. The van der Waals surface area contributed by atoms with Gasteiger partial charge in [0.15, 0.2) is 4.90 Å². The van der Waals surface area contributed by atoms with E-state index in [2.05, 4.69) is 4.98 Å². The largest absolute Gasteiger partial charge is 0.612 e. The lowest BCUT2D eigenvalue weighted by Gasteiger charge is -2.18. The van der Waals surface area contributed by atoms with Crippen LogP contribution in [0.4, 0.5) is 0 Å². The third-order valence-corrected chi connectivity index (χ3v) is 4.78. The molecule has 0 fully saturated rings. The van der Waals surface area contributed by atoms with Crippen LogP contribution in [0.1, 0.15) is 32.1 Å².